The lowest BCUT2D eigenvalue weighted by Crippen LogP contribution is -2.16. The molecule has 2 aromatic heterocycles. The number of nitrogens with two attached hydrogens (primary N) is 1. The van der Waals surface area contributed by atoms with Crippen molar-refractivity contribution in [2.75, 3.05) is 5.73 Å². The number of carbonyl (C=O) groups is 1. The zero-order valence-corrected chi connectivity index (χ0v) is 10.5. The molecule has 0 bridgehead atoms. The molecule has 0 aliphatic heterocycles. The Morgan fingerprint density at radius 2 is 2.47 bits per heavy atom. The van der Waals surface area contributed by atoms with Gasteiger partial charge in [-0.15, -0.1) is 16.4 Å². The molecule has 0 atom stereocenters. The van der Waals surface area contributed by atoms with Crippen molar-refractivity contribution < 1.29 is 14.7 Å². The summed E-state index contributed by atoms with van der Waals surface area (Å²) in [5.41, 5.74) is 5.25. The molecule has 0 saturated heterocycles. The number of carboxylic acid groups (broad SMARTS) is 1. The van der Waals surface area contributed by atoms with Crippen LogP contribution < -0.4 is 5.73 Å². The van der Waals surface area contributed by atoms with E-state index in [0.29, 0.717) is 5.82 Å². The summed E-state index contributed by atoms with van der Waals surface area (Å²) in [7, 11) is 1.63. The molecule has 0 unspecified atom stereocenters. The molecule has 10 nitrogen and oxygen atoms in total. The van der Waals surface area contributed by atoms with Crippen LogP contribution in [-0.4, -0.2) is 42.0 Å². The van der Waals surface area contributed by atoms with E-state index in [0.717, 1.165) is 11.3 Å². The Bertz CT molecular complexity index is 619. The second-order valence-electron chi connectivity index (χ2n) is 3.31. The minimum Gasteiger partial charge on any atom is -0.476 e. The smallest absolute Gasteiger partial charge is 0.360 e. The Morgan fingerprint density at radius 3 is 3.00 bits per heavy atom. The summed E-state index contributed by atoms with van der Waals surface area (Å²) in [5.74, 6) is -0.854. The standard InChI is InChI=1S/C8H9N7O3S/c1-15-5(11-13-14-15)2-18-12-6(7(16)17)4-3-19-8(9)10-4/h3H,2H2,1H3,(H2,9,10)(H,16,17)/b12-6+. The number of aryl methyl sites for hydroxylation is 1. The summed E-state index contributed by atoms with van der Waals surface area (Å²) in [5, 5.41) is 24.9. The first kappa shape index (κ1) is 12.9. The number of nitrogens with zero attached hydrogens (tertiary/aromatic N) is 6. The Hall–Kier alpha value is -2.56. The van der Waals surface area contributed by atoms with E-state index >= 15 is 0 Å². The van der Waals surface area contributed by atoms with Gasteiger partial charge in [0.15, 0.2) is 17.6 Å². The van der Waals surface area contributed by atoms with Crippen molar-refractivity contribution in [1.82, 2.24) is 25.2 Å². The molecular formula is C8H9N7O3S. The number of hydrogen-bond acceptors (Lipinski definition) is 9. The molecule has 0 amide bonds. The highest BCUT2D eigenvalue weighted by atomic mass is 32.1. The number of nitrogen functional groups attached to an aromatic ring is 1. The second kappa shape index (κ2) is 5.39. The summed E-state index contributed by atoms with van der Waals surface area (Å²) < 4.78 is 1.39. The number of aliphatic carboxylic acids is 1. The molecule has 0 radical (unpaired) electrons. The summed E-state index contributed by atoms with van der Waals surface area (Å²) in [6.07, 6.45) is 0. The van der Waals surface area contributed by atoms with Gasteiger partial charge < -0.3 is 15.7 Å². The lowest BCUT2D eigenvalue weighted by atomic mass is 10.3. The van der Waals surface area contributed by atoms with Crippen LogP contribution in [0.5, 0.6) is 0 Å². The van der Waals surface area contributed by atoms with E-state index in [9.17, 15) is 4.79 Å². The minimum atomic E-state index is -1.26. The molecule has 2 aromatic rings. The molecule has 3 N–H and O–H groups in total. The highest BCUT2D eigenvalue weighted by Crippen LogP contribution is 2.12. The van der Waals surface area contributed by atoms with E-state index < -0.39 is 5.97 Å². The summed E-state index contributed by atoms with van der Waals surface area (Å²) in [4.78, 5) is 19.8. The van der Waals surface area contributed by atoms with Gasteiger partial charge in [-0.2, -0.15) is 0 Å². The van der Waals surface area contributed by atoms with Gasteiger partial charge >= 0.3 is 5.97 Å². The minimum absolute atomic E-state index is 0.0557. The van der Waals surface area contributed by atoms with Crippen LogP contribution in [0.2, 0.25) is 0 Å². The molecule has 2 heterocycles. The summed E-state index contributed by atoms with van der Waals surface area (Å²) in [6.45, 7) is -0.0557. The normalized spacial score (nSPS) is 11.5. The molecular weight excluding hydrogens is 274 g/mol. The van der Waals surface area contributed by atoms with Crippen LogP contribution >= 0.6 is 11.3 Å². The van der Waals surface area contributed by atoms with Crippen LogP contribution in [0.25, 0.3) is 0 Å². The maximum absolute atomic E-state index is 11.0. The first-order chi connectivity index (χ1) is 9.08. The quantitative estimate of drug-likeness (QED) is 0.539. The van der Waals surface area contributed by atoms with E-state index in [-0.39, 0.29) is 23.1 Å². The molecule has 2 rings (SSSR count). The molecule has 11 heteroatoms. The van der Waals surface area contributed by atoms with Crippen molar-refractivity contribution in [1.29, 1.82) is 0 Å². The Labute approximate surface area is 110 Å². The maximum Gasteiger partial charge on any atom is 0.360 e. The van der Waals surface area contributed by atoms with Crippen molar-refractivity contribution in [3.8, 4) is 0 Å². The summed E-state index contributed by atoms with van der Waals surface area (Å²) in [6, 6.07) is 0. The van der Waals surface area contributed by atoms with Crippen LogP contribution in [0.3, 0.4) is 0 Å². The monoisotopic (exact) mass is 283 g/mol. The first-order valence-electron chi connectivity index (χ1n) is 4.93. The lowest BCUT2D eigenvalue weighted by Gasteiger charge is -1.99. The van der Waals surface area contributed by atoms with Crippen LogP contribution in [0.4, 0.5) is 5.13 Å². The van der Waals surface area contributed by atoms with Gasteiger partial charge in [-0.1, -0.05) is 5.16 Å². The Morgan fingerprint density at radius 1 is 1.68 bits per heavy atom. The number of oxime groups is 1. The first-order valence-corrected chi connectivity index (χ1v) is 5.81. The van der Waals surface area contributed by atoms with Crippen LogP contribution in [0.1, 0.15) is 11.5 Å². The van der Waals surface area contributed by atoms with Gasteiger partial charge in [-0.3, -0.25) is 0 Å². The van der Waals surface area contributed by atoms with Crippen molar-refractivity contribution >= 4 is 28.1 Å². The van der Waals surface area contributed by atoms with Crippen LogP contribution in [-0.2, 0) is 23.3 Å². The third-order valence-electron chi connectivity index (χ3n) is 2.02. The fraction of sp³-hybridized carbons (Fsp3) is 0.250. The number of carboxylic acids is 1. The maximum atomic E-state index is 11.0. The highest BCUT2D eigenvalue weighted by Gasteiger charge is 2.17. The fourth-order valence-electron chi connectivity index (χ4n) is 1.12. The van der Waals surface area contributed by atoms with Gasteiger partial charge in [0.2, 0.25) is 5.71 Å². The molecule has 0 saturated carbocycles. The van der Waals surface area contributed by atoms with Gasteiger partial charge in [-0.05, 0) is 10.4 Å². The zero-order chi connectivity index (χ0) is 13.8. The number of aromatic nitrogens is 5. The van der Waals surface area contributed by atoms with E-state index in [1.54, 1.807) is 7.05 Å². The SMILES string of the molecule is Cn1nnnc1CO/N=C(/C(=O)O)c1csc(N)n1. The highest BCUT2D eigenvalue weighted by molar-refractivity contribution is 7.13. The van der Waals surface area contributed by atoms with Crippen molar-refractivity contribution in [2.45, 2.75) is 6.61 Å². The van der Waals surface area contributed by atoms with E-state index in [2.05, 4.69) is 25.7 Å². The third kappa shape index (κ3) is 3.01. The van der Waals surface area contributed by atoms with Gasteiger partial charge in [0.1, 0.15) is 5.69 Å². The molecule has 100 valence electrons. The molecule has 0 aliphatic carbocycles. The second-order valence-corrected chi connectivity index (χ2v) is 4.20. The molecule has 0 spiro atoms. The van der Waals surface area contributed by atoms with Gasteiger partial charge in [0, 0.05) is 12.4 Å². The van der Waals surface area contributed by atoms with Gasteiger partial charge in [-0.25, -0.2) is 14.5 Å². The zero-order valence-electron chi connectivity index (χ0n) is 9.72. The van der Waals surface area contributed by atoms with Crippen LogP contribution in [0.15, 0.2) is 10.5 Å². The van der Waals surface area contributed by atoms with Crippen molar-refractivity contribution in [3.63, 3.8) is 0 Å². The van der Waals surface area contributed by atoms with Crippen molar-refractivity contribution in [2.24, 2.45) is 12.2 Å². The lowest BCUT2D eigenvalue weighted by molar-refractivity contribution is -0.129. The third-order valence-corrected chi connectivity index (χ3v) is 2.70. The number of rotatable bonds is 5. The molecule has 0 aliphatic rings. The molecule has 19 heavy (non-hydrogen) atoms. The fourth-order valence-corrected chi connectivity index (χ4v) is 1.66. The van der Waals surface area contributed by atoms with E-state index in [1.807, 2.05) is 0 Å². The number of anilines is 1. The predicted molar refractivity (Wildman–Crippen MR) is 64.3 cm³/mol. The average Bonchev–Trinajstić information content (AvgIpc) is 2.94. The predicted octanol–water partition coefficient (Wildman–Crippen LogP) is -0.746. The number of hydrogen-bond donors (Lipinski definition) is 2. The topological polar surface area (TPSA) is 141 Å². The average molecular weight is 283 g/mol. The van der Waals surface area contributed by atoms with Crippen LogP contribution in [0, 0.1) is 0 Å². The summed E-state index contributed by atoms with van der Waals surface area (Å²) >= 11 is 1.11. The Balaban J connectivity index is 2.10. The number of thiazole rings is 1. The van der Waals surface area contributed by atoms with E-state index in [1.165, 1.54) is 10.1 Å². The molecule has 0 fully saturated rings. The van der Waals surface area contributed by atoms with Gasteiger partial charge in [0.25, 0.3) is 0 Å². The number of tetrazole rings is 1. The molecule has 0 aromatic carbocycles. The van der Waals surface area contributed by atoms with Crippen molar-refractivity contribution in [3.05, 3.63) is 16.9 Å². The van der Waals surface area contributed by atoms with Gasteiger partial charge in [0.05, 0.1) is 0 Å². The Kier molecular flexibility index (Phi) is 3.66. The largest absolute Gasteiger partial charge is 0.476 e. The van der Waals surface area contributed by atoms with E-state index in [4.69, 9.17) is 15.7 Å².